The van der Waals surface area contributed by atoms with Crippen molar-refractivity contribution < 1.29 is 0 Å². The zero-order valence-corrected chi connectivity index (χ0v) is 13.8. The molecule has 0 amide bonds. The summed E-state index contributed by atoms with van der Waals surface area (Å²) in [5.41, 5.74) is 5.68. The molecule has 0 saturated carbocycles. The molecule has 0 atom stereocenters. The molecule has 2 aromatic rings. The van der Waals surface area contributed by atoms with Gasteiger partial charge in [0.2, 0.25) is 0 Å². The van der Waals surface area contributed by atoms with Crippen LogP contribution in [0, 0.1) is 19.8 Å². The normalized spacial score (nSPS) is 16.1. The Morgan fingerprint density at radius 3 is 1.95 bits per heavy atom. The predicted molar refractivity (Wildman–Crippen MR) is 94.4 cm³/mol. The molecule has 1 heterocycles. The molecule has 116 valence electrons. The standard InChI is InChI=1S/C21H27N/c1-16-5-3-7-19(13-16)21(15-18-9-11-22-12-10-18)20-8-4-6-17(2)14-20/h3-8,13-14,18,21-22H,9-12,15H2,1-2H3. The van der Waals surface area contributed by atoms with Gasteiger partial charge < -0.3 is 5.32 Å². The Kier molecular flexibility index (Phi) is 4.94. The Bertz CT molecular complexity index is 565. The van der Waals surface area contributed by atoms with Crippen molar-refractivity contribution in [2.75, 3.05) is 13.1 Å². The highest BCUT2D eigenvalue weighted by molar-refractivity contribution is 5.36. The summed E-state index contributed by atoms with van der Waals surface area (Å²) in [6.45, 7) is 6.75. The van der Waals surface area contributed by atoms with Gasteiger partial charge in [0.1, 0.15) is 0 Å². The van der Waals surface area contributed by atoms with E-state index in [0.29, 0.717) is 5.92 Å². The van der Waals surface area contributed by atoms with Crippen molar-refractivity contribution in [1.82, 2.24) is 5.32 Å². The lowest BCUT2D eigenvalue weighted by molar-refractivity contribution is 0.342. The fourth-order valence-corrected chi connectivity index (χ4v) is 3.69. The van der Waals surface area contributed by atoms with Gasteiger partial charge in [-0.2, -0.15) is 0 Å². The molecule has 0 radical (unpaired) electrons. The average Bonchev–Trinajstić information content (AvgIpc) is 2.53. The van der Waals surface area contributed by atoms with E-state index in [-0.39, 0.29) is 0 Å². The van der Waals surface area contributed by atoms with Gasteiger partial charge in [-0.15, -0.1) is 0 Å². The molecule has 1 N–H and O–H groups in total. The third-order valence-electron chi connectivity index (χ3n) is 4.92. The minimum Gasteiger partial charge on any atom is -0.317 e. The van der Waals surface area contributed by atoms with Crippen molar-refractivity contribution in [3.05, 3.63) is 70.8 Å². The Balaban J connectivity index is 1.90. The van der Waals surface area contributed by atoms with Gasteiger partial charge in [-0.25, -0.2) is 0 Å². The molecular weight excluding hydrogens is 266 g/mol. The zero-order valence-electron chi connectivity index (χ0n) is 13.8. The molecular formula is C21H27N. The summed E-state index contributed by atoms with van der Waals surface area (Å²) in [5.74, 6) is 1.37. The topological polar surface area (TPSA) is 12.0 Å². The summed E-state index contributed by atoms with van der Waals surface area (Å²) in [4.78, 5) is 0. The number of rotatable bonds is 4. The summed E-state index contributed by atoms with van der Waals surface area (Å²) in [7, 11) is 0. The van der Waals surface area contributed by atoms with Crippen molar-refractivity contribution in [3.63, 3.8) is 0 Å². The molecule has 1 saturated heterocycles. The van der Waals surface area contributed by atoms with E-state index < -0.39 is 0 Å². The van der Waals surface area contributed by atoms with Crippen LogP contribution in [0.5, 0.6) is 0 Å². The van der Waals surface area contributed by atoms with Crippen molar-refractivity contribution in [2.24, 2.45) is 5.92 Å². The number of hydrogen-bond donors (Lipinski definition) is 1. The Morgan fingerprint density at radius 1 is 0.909 bits per heavy atom. The van der Waals surface area contributed by atoms with E-state index in [1.54, 1.807) is 0 Å². The molecule has 2 aromatic carbocycles. The molecule has 22 heavy (non-hydrogen) atoms. The minimum absolute atomic E-state index is 0.530. The summed E-state index contributed by atoms with van der Waals surface area (Å²) in [6.07, 6.45) is 3.90. The molecule has 1 nitrogen and oxygen atoms in total. The van der Waals surface area contributed by atoms with Gasteiger partial charge in [0.25, 0.3) is 0 Å². The second-order valence-electron chi connectivity index (χ2n) is 6.81. The van der Waals surface area contributed by atoms with Crippen LogP contribution in [-0.4, -0.2) is 13.1 Å². The van der Waals surface area contributed by atoms with E-state index in [9.17, 15) is 0 Å². The first kappa shape index (κ1) is 15.3. The first-order chi connectivity index (χ1) is 10.7. The van der Waals surface area contributed by atoms with E-state index in [1.165, 1.54) is 54.6 Å². The number of benzene rings is 2. The summed E-state index contributed by atoms with van der Waals surface area (Å²) >= 11 is 0. The van der Waals surface area contributed by atoms with Gasteiger partial charge in [-0.05, 0) is 63.2 Å². The Hall–Kier alpha value is -1.60. The van der Waals surface area contributed by atoms with E-state index in [1.807, 2.05) is 0 Å². The van der Waals surface area contributed by atoms with E-state index in [4.69, 9.17) is 0 Å². The quantitative estimate of drug-likeness (QED) is 0.851. The lowest BCUT2D eigenvalue weighted by Crippen LogP contribution is -2.28. The van der Waals surface area contributed by atoms with Crippen LogP contribution in [0.1, 0.15) is 47.4 Å². The first-order valence-electron chi connectivity index (χ1n) is 8.56. The third kappa shape index (κ3) is 3.78. The molecule has 3 rings (SSSR count). The van der Waals surface area contributed by atoms with Crippen molar-refractivity contribution in [2.45, 2.75) is 39.0 Å². The monoisotopic (exact) mass is 293 g/mol. The maximum absolute atomic E-state index is 3.49. The SMILES string of the molecule is Cc1cccc(C(CC2CCNCC2)c2cccc(C)c2)c1. The van der Waals surface area contributed by atoms with Gasteiger partial charge in [-0.3, -0.25) is 0 Å². The van der Waals surface area contributed by atoms with E-state index in [0.717, 1.165) is 5.92 Å². The van der Waals surface area contributed by atoms with Crippen LogP contribution < -0.4 is 5.32 Å². The van der Waals surface area contributed by atoms with Crippen molar-refractivity contribution >= 4 is 0 Å². The maximum atomic E-state index is 3.49. The van der Waals surface area contributed by atoms with Gasteiger partial charge in [0.15, 0.2) is 0 Å². The molecule has 1 fully saturated rings. The second-order valence-corrected chi connectivity index (χ2v) is 6.81. The molecule has 0 bridgehead atoms. The molecule has 0 unspecified atom stereocenters. The lowest BCUT2D eigenvalue weighted by atomic mass is 9.80. The van der Waals surface area contributed by atoms with Crippen LogP contribution >= 0.6 is 0 Å². The van der Waals surface area contributed by atoms with Crippen LogP contribution in [0.25, 0.3) is 0 Å². The van der Waals surface area contributed by atoms with Crippen molar-refractivity contribution in [3.8, 4) is 0 Å². The summed E-state index contributed by atoms with van der Waals surface area (Å²) < 4.78 is 0. The smallest absolute Gasteiger partial charge is 0.00921 e. The Labute approximate surface area is 134 Å². The maximum Gasteiger partial charge on any atom is 0.00921 e. The predicted octanol–water partition coefficient (Wildman–Crippen LogP) is 4.83. The highest BCUT2D eigenvalue weighted by Crippen LogP contribution is 2.34. The van der Waals surface area contributed by atoms with Gasteiger partial charge in [0, 0.05) is 5.92 Å². The second kappa shape index (κ2) is 7.11. The van der Waals surface area contributed by atoms with Gasteiger partial charge in [-0.1, -0.05) is 59.7 Å². The number of hydrogen-bond acceptors (Lipinski definition) is 1. The fourth-order valence-electron chi connectivity index (χ4n) is 3.69. The Morgan fingerprint density at radius 2 is 1.45 bits per heavy atom. The van der Waals surface area contributed by atoms with Crippen LogP contribution in [0.3, 0.4) is 0 Å². The molecule has 1 aliphatic rings. The average molecular weight is 293 g/mol. The molecule has 1 heteroatoms. The lowest BCUT2D eigenvalue weighted by Gasteiger charge is -2.28. The molecule has 0 spiro atoms. The number of aryl methyl sites for hydroxylation is 2. The zero-order chi connectivity index (χ0) is 15.4. The van der Waals surface area contributed by atoms with E-state index >= 15 is 0 Å². The van der Waals surface area contributed by atoms with Gasteiger partial charge in [0.05, 0.1) is 0 Å². The number of nitrogens with one attached hydrogen (secondary N) is 1. The minimum atomic E-state index is 0.530. The van der Waals surface area contributed by atoms with Crippen LogP contribution in [0.4, 0.5) is 0 Å². The van der Waals surface area contributed by atoms with Crippen molar-refractivity contribution in [1.29, 1.82) is 0 Å². The summed E-state index contributed by atoms with van der Waals surface area (Å²) in [6, 6.07) is 18.2. The largest absolute Gasteiger partial charge is 0.317 e. The highest BCUT2D eigenvalue weighted by atomic mass is 14.9. The fraction of sp³-hybridized carbons (Fsp3) is 0.429. The van der Waals surface area contributed by atoms with Crippen LogP contribution in [-0.2, 0) is 0 Å². The van der Waals surface area contributed by atoms with Crippen LogP contribution in [0.15, 0.2) is 48.5 Å². The highest BCUT2D eigenvalue weighted by Gasteiger charge is 2.21. The molecule has 0 aliphatic carbocycles. The molecule has 0 aromatic heterocycles. The van der Waals surface area contributed by atoms with Crippen LogP contribution in [0.2, 0.25) is 0 Å². The van der Waals surface area contributed by atoms with Gasteiger partial charge >= 0.3 is 0 Å². The van der Waals surface area contributed by atoms with E-state index in [2.05, 4.69) is 67.7 Å². The molecule has 1 aliphatic heterocycles. The number of piperidine rings is 1. The summed E-state index contributed by atoms with van der Waals surface area (Å²) in [5, 5.41) is 3.49. The third-order valence-corrected chi connectivity index (χ3v) is 4.92. The first-order valence-corrected chi connectivity index (χ1v) is 8.56.